The van der Waals surface area contributed by atoms with E-state index in [0.717, 1.165) is 62.8 Å². The van der Waals surface area contributed by atoms with Gasteiger partial charge in [-0.25, -0.2) is 0 Å². The Balaban J connectivity index is 1.37. The number of allylic oxidation sites excluding steroid dienone is 2. The second kappa shape index (κ2) is 8.92. The van der Waals surface area contributed by atoms with Gasteiger partial charge < -0.3 is 15.2 Å². The maximum absolute atomic E-state index is 11.3. The van der Waals surface area contributed by atoms with Gasteiger partial charge in [0, 0.05) is 25.8 Å². The number of aliphatic hydroxyl groups excluding tert-OH is 1. The van der Waals surface area contributed by atoms with E-state index in [-0.39, 0.29) is 17.6 Å². The van der Waals surface area contributed by atoms with Gasteiger partial charge in [-0.3, -0.25) is 4.79 Å². The summed E-state index contributed by atoms with van der Waals surface area (Å²) in [5, 5.41) is 13.3. The van der Waals surface area contributed by atoms with Gasteiger partial charge in [0.25, 0.3) is 0 Å². The number of ether oxygens (including phenoxy) is 1. The van der Waals surface area contributed by atoms with Crippen LogP contribution >= 0.6 is 0 Å². The molecular formula is C31H49NO3. The first-order valence-electron chi connectivity index (χ1n) is 14.5. The first kappa shape index (κ1) is 25.4. The van der Waals surface area contributed by atoms with Crippen molar-refractivity contribution in [2.24, 2.45) is 40.4 Å². The minimum absolute atomic E-state index is 0.0255. The summed E-state index contributed by atoms with van der Waals surface area (Å²) in [6.45, 7) is 14.4. The van der Waals surface area contributed by atoms with Gasteiger partial charge in [0.1, 0.15) is 5.60 Å². The van der Waals surface area contributed by atoms with Gasteiger partial charge in [-0.2, -0.15) is 0 Å². The number of carbonyl (C=O) groups is 1. The van der Waals surface area contributed by atoms with Crippen molar-refractivity contribution in [1.82, 2.24) is 5.32 Å². The summed E-state index contributed by atoms with van der Waals surface area (Å²) in [6, 6.07) is 0. The van der Waals surface area contributed by atoms with E-state index in [0.29, 0.717) is 22.7 Å². The molecule has 4 aliphatic carbocycles. The van der Waals surface area contributed by atoms with E-state index in [1.54, 1.807) is 12.5 Å². The molecule has 1 heterocycles. The zero-order valence-corrected chi connectivity index (χ0v) is 23.1. The average Bonchev–Trinajstić information content (AvgIpc) is 3.25. The predicted molar refractivity (Wildman–Crippen MR) is 140 cm³/mol. The van der Waals surface area contributed by atoms with Crippen LogP contribution in [0.15, 0.2) is 23.0 Å². The lowest BCUT2D eigenvalue weighted by atomic mass is 9.47. The van der Waals surface area contributed by atoms with Crippen LogP contribution < -0.4 is 5.32 Å². The van der Waals surface area contributed by atoms with Crippen LogP contribution in [-0.4, -0.2) is 29.3 Å². The van der Waals surface area contributed by atoms with Crippen molar-refractivity contribution in [3.05, 3.63) is 23.0 Å². The average molecular weight is 484 g/mol. The number of amides is 1. The highest BCUT2D eigenvalue weighted by Crippen LogP contribution is 2.72. The number of nitrogens with one attached hydrogen (secondary N) is 1. The van der Waals surface area contributed by atoms with Crippen LogP contribution in [0.4, 0.5) is 0 Å². The Bertz CT molecular complexity index is 922. The molecule has 1 amide bonds. The van der Waals surface area contributed by atoms with Crippen molar-refractivity contribution in [2.45, 2.75) is 117 Å². The van der Waals surface area contributed by atoms with Crippen LogP contribution in [0.5, 0.6) is 0 Å². The predicted octanol–water partition coefficient (Wildman–Crippen LogP) is 6.54. The second-order valence-electron chi connectivity index (χ2n) is 13.5. The Hall–Kier alpha value is -1.29. The van der Waals surface area contributed by atoms with E-state index in [1.165, 1.54) is 37.0 Å². The lowest BCUT2D eigenvalue weighted by Crippen LogP contribution is -2.50. The van der Waals surface area contributed by atoms with Crippen LogP contribution in [0.2, 0.25) is 0 Å². The molecule has 4 nitrogen and oxygen atoms in total. The minimum atomic E-state index is -0.130. The van der Waals surface area contributed by atoms with Crippen molar-refractivity contribution in [1.29, 1.82) is 0 Å². The number of rotatable bonds is 6. The van der Waals surface area contributed by atoms with Crippen molar-refractivity contribution < 1.29 is 14.6 Å². The lowest BCUT2D eigenvalue weighted by Gasteiger charge is -2.57. The summed E-state index contributed by atoms with van der Waals surface area (Å²) in [5.41, 5.74) is 3.68. The van der Waals surface area contributed by atoms with Crippen LogP contribution in [0.1, 0.15) is 106 Å². The quantitative estimate of drug-likeness (QED) is 0.422. The van der Waals surface area contributed by atoms with Crippen molar-refractivity contribution in [2.75, 3.05) is 6.54 Å². The van der Waals surface area contributed by atoms with Crippen LogP contribution in [0.25, 0.3) is 0 Å². The molecule has 0 saturated heterocycles. The Labute approximate surface area is 213 Å². The van der Waals surface area contributed by atoms with Crippen LogP contribution in [0, 0.1) is 40.4 Å². The molecule has 1 aliphatic heterocycles. The van der Waals surface area contributed by atoms with Crippen LogP contribution in [-0.2, 0) is 9.53 Å². The first-order chi connectivity index (χ1) is 16.5. The maximum Gasteiger partial charge on any atom is 0.216 e. The molecule has 196 valence electrons. The molecule has 0 bridgehead atoms. The first-order valence-corrected chi connectivity index (χ1v) is 14.5. The number of carbonyl (C=O) groups excluding carboxylic acids is 1. The van der Waals surface area contributed by atoms with Gasteiger partial charge in [0.15, 0.2) is 0 Å². The summed E-state index contributed by atoms with van der Waals surface area (Å²) in [5.74, 6) is 4.55. The summed E-state index contributed by atoms with van der Waals surface area (Å²) in [4.78, 5) is 11.3. The number of aliphatic hydroxyl groups is 1. The topological polar surface area (TPSA) is 58.6 Å². The van der Waals surface area contributed by atoms with E-state index in [1.807, 2.05) is 0 Å². The molecule has 0 spiro atoms. The van der Waals surface area contributed by atoms with Gasteiger partial charge in [0.05, 0.1) is 11.9 Å². The molecule has 35 heavy (non-hydrogen) atoms. The van der Waals surface area contributed by atoms with Gasteiger partial charge in [-0.05, 0) is 105 Å². The van der Waals surface area contributed by atoms with Gasteiger partial charge in [0.2, 0.25) is 5.91 Å². The van der Waals surface area contributed by atoms with Gasteiger partial charge in [-0.15, -0.1) is 0 Å². The highest BCUT2D eigenvalue weighted by Gasteiger charge is 2.68. The van der Waals surface area contributed by atoms with E-state index in [4.69, 9.17) is 4.74 Å². The highest BCUT2D eigenvalue weighted by atomic mass is 16.5. The van der Waals surface area contributed by atoms with Gasteiger partial charge in [-0.1, -0.05) is 39.3 Å². The minimum Gasteiger partial charge on any atom is -0.491 e. The van der Waals surface area contributed by atoms with Crippen molar-refractivity contribution >= 4 is 5.91 Å². The smallest absolute Gasteiger partial charge is 0.216 e. The normalized spacial score (nSPS) is 45.0. The molecule has 4 heteroatoms. The fourth-order valence-electron chi connectivity index (χ4n) is 9.77. The fourth-order valence-corrected chi connectivity index (χ4v) is 9.77. The third-order valence-electron chi connectivity index (χ3n) is 11.6. The molecule has 3 saturated carbocycles. The molecule has 3 fully saturated rings. The Kier molecular flexibility index (Phi) is 6.47. The standard InChI is InChI=1S/C31H49NO3/c1-7-31-17-26-24-10-9-22-16-23(34)12-14-29(22,5)25(24)13-15-30(26,6)28(31)20(3)27(35-31)11-8-19(2)18-32-21(4)33/h9,19,23-26,28,34H,7-8,10-18H2,1-6H3,(H,32,33)/t19-,23+,24-,25+,26+,28-,29+,30+,31+/m1/s1. The summed E-state index contributed by atoms with van der Waals surface area (Å²) in [7, 11) is 0. The molecular weight excluding hydrogens is 434 g/mol. The molecule has 5 aliphatic rings. The summed E-state index contributed by atoms with van der Waals surface area (Å²) in [6.07, 6.45) is 13.6. The zero-order chi connectivity index (χ0) is 25.2. The molecule has 0 aromatic rings. The monoisotopic (exact) mass is 483 g/mol. The zero-order valence-electron chi connectivity index (χ0n) is 23.1. The van der Waals surface area contributed by atoms with E-state index in [2.05, 4.69) is 46.0 Å². The number of fused-ring (bicyclic) bond motifs is 7. The molecule has 9 atom stereocenters. The third-order valence-corrected chi connectivity index (χ3v) is 11.6. The fraction of sp³-hybridized carbons (Fsp3) is 0.839. The number of hydrogen-bond acceptors (Lipinski definition) is 3. The van der Waals surface area contributed by atoms with E-state index in [9.17, 15) is 9.90 Å². The Morgan fingerprint density at radius 3 is 2.74 bits per heavy atom. The largest absolute Gasteiger partial charge is 0.491 e. The lowest BCUT2D eigenvalue weighted by molar-refractivity contribution is -0.119. The molecule has 2 N–H and O–H groups in total. The van der Waals surface area contributed by atoms with E-state index < -0.39 is 0 Å². The van der Waals surface area contributed by atoms with E-state index >= 15 is 0 Å². The molecule has 5 rings (SSSR count). The summed E-state index contributed by atoms with van der Waals surface area (Å²) >= 11 is 0. The third kappa shape index (κ3) is 3.92. The summed E-state index contributed by atoms with van der Waals surface area (Å²) < 4.78 is 7.04. The van der Waals surface area contributed by atoms with Crippen LogP contribution in [0.3, 0.4) is 0 Å². The Morgan fingerprint density at radius 1 is 1.26 bits per heavy atom. The Morgan fingerprint density at radius 2 is 2.03 bits per heavy atom. The maximum atomic E-state index is 11.3. The van der Waals surface area contributed by atoms with Crippen molar-refractivity contribution in [3.8, 4) is 0 Å². The highest BCUT2D eigenvalue weighted by molar-refractivity contribution is 5.72. The molecule has 0 radical (unpaired) electrons. The second-order valence-corrected chi connectivity index (χ2v) is 13.5. The van der Waals surface area contributed by atoms with Crippen molar-refractivity contribution in [3.63, 3.8) is 0 Å². The number of hydrogen-bond donors (Lipinski definition) is 2. The molecule has 0 unspecified atom stereocenters. The molecule has 0 aromatic carbocycles. The van der Waals surface area contributed by atoms with Gasteiger partial charge >= 0.3 is 0 Å². The molecule has 0 aromatic heterocycles. The SMILES string of the molecule is CC[C@]12C[C@H]3[C@@H]4CC=C5C[C@@H](O)CC[C@]5(C)[C@H]4CC[C@]3(C)[C@H]1C(C)=C(CC[C@@H](C)CNC(C)=O)O2.